The van der Waals surface area contributed by atoms with E-state index in [1.807, 2.05) is 0 Å². The molecule has 0 aliphatic rings. The summed E-state index contributed by atoms with van der Waals surface area (Å²) in [5.41, 5.74) is 0. The van der Waals surface area contributed by atoms with Crippen molar-refractivity contribution in [1.82, 2.24) is 0 Å². The maximum Gasteiger partial charge on any atom is 4.00 e. The van der Waals surface area contributed by atoms with Crippen molar-refractivity contribution >= 4 is 260 Å². The minimum Gasteiger partial charge on any atom is -0.550 e. The van der Waals surface area contributed by atoms with Crippen molar-refractivity contribution in [3.05, 3.63) is 0 Å². The molecule has 0 aromatic rings. The van der Waals surface area contributed by atoms with Gasteiger partial charge < -0.3 is 69.3 Å². The first kappa shape index (κ1) is 97.5. The van der Waals surface area contributed by atoms with Crippen LogP contribution in [0.25, 0.3) is 0 Å². The zero-order valence-corrected chi connectivity index (χ0v) is 51.3. The molecule has 0 spiro atoms. The second-order valence-electron chi connectivity index (χ2n) is 3.44. The van der Waals surface area contributed by atoms with Crippen molar-refractivity contribution in [1.29, 1.82) is 0 Å². The Hall–Kier alpha value is 3.67. The molecule has 168 valence electrons. The van der Waals surface area contributed by atoms with E-state index in [0.717, 1.165) is 48.5 Å². The molecular formula is C14H21O14Pb8+25. The van der Waals surface area contributed by atoms with Gasteiger partial charge in [0.2, 0.25) is 0 Å². The monoisotopic (exact) mass is 2080 g/mol. The molecule has 0 atom stereocenters. The summed E-state index contributed by atoms with van der Waals surface area (Å²) >= 11 is 0. The number of hydrogen-bond acceptors (Lipinski definition) is 14. The van der Waals surface area contributed by atoms with Gasteiger partial charge in [-0.25, -0.2) is 0 Å². The Balaban J connectivity index is -0.0000000106. The van der Waals surface area contributed by atoms with Crippen LogP contribution in [0.2, 0.25) is 0 Å². The molecule has 0 amide bonds. The van der Waals surface area contributed by atoms with Crippen LogP contribution in [0.4, 0.5) is 0 Å². The normalized spacial score (nSPS) is 4.86. The number of hydrogen-bond donors (Lipinski definition) is 0. The van der Waals surface area contributed by atoms with Gasteiger partial charge in [0.1, 0.15) is 0 Å². The topological polar surface area (TPSA) is 281 Å². The predicted octanol–water partition coefficient (Wildman–Crippen LogP) is -11.8. The molecule has 36 heavy (non-hydrogen) atoms. The molecule has 14 nitrogen and oxygen atoms in total. The van der Waals surface area contributed by atoms with Crippen LogP contribution in [0.3, 0.4) is 0 Å². The molecule has 0 fully saturated rings. The van der Waals surface area contributed by atoms with E-state index >= 15 is 0 Å². The van der Waals surface area contributed by atoms with Gasteiger partial charge in [0, 0.05) is 41.8 Å². The molecule has 0 saturated heterocycles. The van der Waals surface area contributed by atoms with E-state index in [2.05, 4.69) is 0 Å². The molecule has 0 unspecified atom stereocenters. The zero-order chi connectivity index (χ0) is 25.0. The Labute approximate surface area is 370 Å². The minimum absolute atomic E-state index is 0. The Morgan fingerprint density at radius 1 is 0.250 bits per heavy atom. The largest absolute Gasteiger partial charge is 4.00 e. The number of carbonyl (C=O) groups excluding carboxylic acids is 7. The van der Waals surface area contributed by atoms with Gasteiger partial charge in [0.15, 0.2) is 0 Å². The number of aliphatic carboxylic acids is 7. The Kier molecular flexibility index (Phi) is 244. The van der Waals surface area contributed by atoms with E-state index in [1.54, 1.807) is 0 Å². The van der Waals surface area contributed by atoms with Gasteiger partial charge in [-0.15, -0.1) is 0 Å². The Bertz CT molecular complexity index is 335. The summed E-state index contributed by atoms with van der Waals surface area (Å²) in [6, 6.07) is 0. The van der Waals surface area contributed by atoms with E-state index < -0.39 is 41.8 Å². The smallest absolute Gasteiger partial charge is 0.550 e. The fourth-order valence-corrected chi connectivity index (χ4v) is 0. The quantitative estimate of drug-likeness (QED) is 0.204. The first-order valence-corrected chi connectivity index (χ1v) is 6.36. The third-order valence-electron chi connectivity index (χ3n) is 0. The van der Waals surface area contributed by atoms with Crippen LogP contribution in [0.15, 0.2) is 0 Å². The summed E-state index contributed by atoms with van der Waals surface area (Å²) in [6.07, 6.45) is 0. The molecular weight excluding hydrogens is 2050 g/mol. The average Bonchev–Trinajstić information content (AvgIpc) is 2.20. The van der Waals surface area contributed by atoms with Crippen molar-refractivity contribution in [2.75, 3.05) is 0 Å². The Morgan fingerprint density at radius 2 is 0.250 bits per heavy atom. The van der Waals surface area contributed by atoms with Gasteiger partial charge in [-0.1, -0.05) is 0 Å². The van der Waals surface area contributed by atoms with Crippen LogP contribution in [-0.4, -0.2) is 260 Å². The standard InChI is InChI=1S/7C2H4O2.8Pb/c7*1-2(3)4;;;;;;;;/h7*1H3,(H,3,4);;;;;;;;/q;;;;;;;8*+4/p-7. The second-order valence-corrected chi connectivity index (χ2v) is 3.44. The van der Waals surface area contributed by atoms with Crippen molar-refractivity contribution in [2.45, 2.75) is 48.5 Å². The average molecular weight is 2070 g/mol. The molecule has 0 aliphatic heterocycles. The summed E-state index contributed by atoms with van der Waals surface area (Å²) in [5, 5.41) is 62.2. The van der Waals surface area contributed by atoms with Gasteiger partial charge in [0.05, 0.1) is 0 Å². The number of carboxylic acids is 7. The molecule has 0 aromatic heterocycles. The molecule has 0 rings (SSSR count). The van der Waals surface area contributed by atoms with E-state index in [0.29, 0.717) is 0 Å². The zero-order valence-electron chi connectivity index (χ0n) is 20.2. The van der Waals surface area contributed by atoms with Crippen LogP contribution < -0.4 is 35.7 Å². The van der Waals surface area contributed by atoms with Crippen LogP contribution in [-0.2, 0) is 33.6 Å². The van der Waals surface area contributed by atoms with Gasteiger partial charge in [-0.2, -0.15) is 0 Å². The van der Waals surface area contributed by atoms with Crippen LogP contribution in [0.5, 0.6) is 0 Å². The van der Waals surface area contributed by atoms with E-state index in [4.69, 9.17) is 69.3 Å². The summed E-state index contributed by atoms with van der Waals surface area (Å²) in [4.78, 5) is 62.2. The van der Waals surface area contributed by atoms with Gasteiger partial charge in [-0.3, -0.25) is 0 Å². The SMILES string of the molecule is CC(=O)[O-].CC(=O)[O-].CC(=O)[O-].CC(=O)[O-].CC(=O)[O-].CC(=O)[O-].CC(=O)[O-].[Pb+4].[Pb+4].[Pb+4].[Pb+4].[Pb+4].[Pb+4].[Pb+4].[Pb+4]. The number of carboxylic acid groups (broad SMARTS) is 7. The van der Waals surface area contributed by atoms with Crippen molar-refractivity contribution < 1.29 is 69.3 Å². The second kappa shape index (κ2) is 90.2. The van der Waals surface area contributed by atoms with E-state index in [1.165, 1.54) is 0 Å². The molecule has 0 saturated carbocycles. The third kappa shape index (κ3) is 3770. The van der Waals surface area contributed by atoms with Crippen LogP contribution in [0, 0.1) is 0 Å². The van der Waals surface area contributed by atoms with Crippen molar-refractivity contribution in [2.24, 2.45) is 0 Å². The van der Waals surface area contributed by atoms with Gasteiger partial charge >= 0.3 is 218 Å². The molecule has 22 heteroatoms. The summed E-state index contributed by atoms with van der Waals surface area (Å²) in [6.45, 7) is 6.81. The first-order chi connectivity index (χ1) is 12.1. The van der Waals surface area contributed by atoms with Crippen molar-refractivity contribution in [3.63, 3.8) is 0 Å². The third-order valence-corrected chi connectivity index (χ3v) is 0. The van der Waals surface area contributed by atoms with Gasteiger partial charge in [-0.05, 0) is 48.5 Å². The Morgan fingerprint density at radius 3 is 0.250 bits per heavy atom. The number of rotatable bonds is 0. The summed E-state index contributed by atoms with van der Waals surface area (Å²) in [5.74, 6) is -7.58. The van der Waals surface area contributed by atoms with Crippen LogP contribution in [0.1, 0.15) is 48.5 Å². The molecule has 0 aliphatic carbocycles. The number of carbonyl (C=O) groups is 7. The van der Waals surface area contributed by atoms with Crippen molar-refractivity contribution in [3.8, 4) is 0 Å². The molecule has 0 radical (unpaired) electrons. The molecule has 0 bridgehead atoms. The summed E-state index contributed by atoms with van der Waals surface area (Å²) < 4.78 is 0. The molecule has 0 aromatic carbocycles. The van der Waals surface area contributed by atoms with Gasteiger partial charge in [0.25, 0.3) is 0 Å². The predicted molar refractivity (Wildman–Crippen MR) is 121 cm³/mol. The van der Waals surface area contributed by atoms with E-state index in [-0.39, 0.29) is 218 Å². The van der Waals surface area contributed by atoms with Crippen LogP contribution >= 0.6 is 0 Å². The molecule has 0 N–H and O–H groups in total. The van der Waals surface area contributed by atoms with E-state index in [9.17, 15) is 0 Å². The fourth-order valence-electron chi connectivity index (χ4n) is 0. The fraction of sp³-hybridized carbons (Fsp3) is 0.500. The minimum atomic E-state index is -1.08. The maximum atomic E-state index is 8.89. The molecule has 0 heterocycles. The first-order valence-electron chi connectivity index (χ1n) is 6.36. The maximum absolute atomic E-state index is 8.89. The summed E-state index contributed by atoms with van der Waals surface area (Å²) in [7, 11) is 0.